The number of nitrogens with one attached hydrogen (secondary N) is 1. The number of benzene rings is 2. The summed E-state index contributed by atoms with van der Waals surface area (Å²) in [5.74, 6) is -0.280. The number of carbonyl (C=O) groups excluding carboxylic acids is 1. The van der Waals surface area contributed by atoms with Gasteiger partial charge in [-0.1, -0.05) is 55.0 Å². The number of fused-ring (bicyclic) bond motifs is 1. The molecule has 0 unspecified atom stereocenters. The van der Waals surface area contributed by atoms with Crippen LogP contribution in [0.5, 0.6) is 0 Å². The van der Waals surface area contributed by atoms with Crippen LogP contribution < -0.4 is 5.32 Å². The lowest BCUT2D eigenvalue weighted by Crippen LogP contribution is -2.41. The Balaban J connectivity index is 1.69. The minimum Gasteiger partial charge on any atom is -0.348 e. The summed E-state index contributed by atoms with van der Waals surface area (Å²) >= 11 is 0. The van der Waals surface area contributed by atoms with Crippen LogP contribution in [0.1, 0.15) is 60.0 Å². The van der Waals surface area contributed by atoms with Crippen molar-refractivity contribution >= 4 is 15.9 Å². The molecule has 2 aromatic carbocycles. The molecule has 2 aromatic rings. The average Bonchev–Trinajstić information content (AvgIpc) is 2.72. The van der Waals surface area contributed by atoms with E-state index in [9.17, 15) is 13.2 Å². The molecule has 1 N–H and O–H groups in total. The second-order valence-electron chi connectivity index (χ2n) is 8.28. The van der Waals surface area contributed by atoms with Crippen LogP contribution in [0.4, 0.5) is 0 Å². The molecule has 5 nitrogen and oxygen atoms in total. The summed E-state index contributed by atoms with van der Waals surface area (Å²) in [6.45, 7) is 4.01. The normalized spacial score (nSPS) is 14.9. The Morgan fingerprint density at radius 3 is 2.37 bits per heavy atom. The monoisotopic (exact) mass is 428 g/mol. The van der Waals surface area contributed by atoms with Gasteiger partial charge in [0.1, 0.15) is 0 Å². The first-order valence-corrected chi connectivity index (χ1v) is 12.5. The van der Waals surface area contributed by atoms with Crippen LogP contribution in [0.2, 0.25) is 0 Å². The highest BCUT2D eigenvalue weighted by Gasteiger charge is 2.23. The molecular formula is C24H32N2O3S. The van der Waals surface area contributed by atoms with Crippen molar-refractivity contribution in [3.05, 3.63) is 70.3 Å². The predicted molar refractivity (Wildman–Crippen MR) is 121 cm³/mol. The van der Waals surface area contributed by atoms with Crippen LogP contribution in [-0.2, 0) is 34.2 Å². The van der Waals surface area contributed by atoms with Gasteiger partial charge in [-0.15, -0.1) is 0 Å². The second-order valence-corrected chi connectivity index (χ2v) is 10.3. The van der Waals surface area contributed by atoms with E-state index in [1.165, 1.54) is 28.3 Å². The summed E-state index contributed by atoms with van der Waals surface area (Å²) in [7, 11) is -3.52. The zero-order valence-corrected chi connectivity index (χ0v) is 19.0. The van der Waals surface area contributed by atoms with E-state index in [-0.39, 0.29) is 25.0 Å². The third-order valence-electron chi connectivity index (χ3n) is 5.79. The van der Waals surface area contributed by atoms with Crippen molar-refractivity contribution in [3.63, 3.8) is 0 Å². The summed E-state index contributed by atoms with van der Waals surface area (Å²) in [4.78, 5) is 12.8. The van der Waals surface area contributed by atoms with Gasteiger partial charge in [0.25, 0.3) is 0 Å². The number of carbonyl (C=O) groups is 1. The Bertz CT molecular complexity index is 984. The maximum atomic E-state index is 12.8. The molecule has 3 rings (SSSR count). The Kier molecular flexibility index (Phi) is 7.32. The van der Waals surface area contributed by atoms with Gasteiger partial charge in [-0.3, -0.25) is 4.79 Å². The summed E-state index contributed by atoms with van der Waals surface area (Å²) in [5, 5.41) is 3.04. The molecule has 0 aliphatic heterocycles. The number of nitrogens with zero attached hydrogens (tertiary/aromatic N) is 1. The van der Waals surface area contributed by atoms with E-state index in [4.69, 9.17) is 0 Å². The fraction of sp³-hybridized carbons (Fsp3) is 0.458. The first kappa shape index (κ1) is 22.5. The second kappa shape index (κ2) is 9.75. The molecule has 1 amide bonds. The smallest absolute Gasteiger partial charge is 0.235 e. The van der Waals surface area contributed by atoms with E-state index in [2.05, 4.69) is 23.5 Å². The molecule has 0 fully saturated rings. The van der Waals surface area contributed by atoms with Crippen LogP contribution in [0.15, 0.2) is 42.5 Å². The fourth-order valence-corrected chi connectivity index (χ4v) is 4.71. The summed E-state index contributed by atoms with van der Waals surface area (Å²) in [6, 6.07) is 14.0. The topological polar surface area (TPSA) is 66.5 Å². The van der Waals surface area contributed by atoms with Gasteiger partial charge in [-0.25, -0.2) is 8.42 Å². The molecule has 0 heterocycles. The van der Waals surface area contributed by atoms with Crippen LogP contribution in [0, 0.1) is 6.92 Å². The van der Waals surface area contributed by atoms with Gasteiger partial charge in [-0.2, -0.15) is 4.31 Å². The van der Waals surface area contributed by atoms with Crippen molar-refractivity contribution in [2.75, 3.05) is 12.8 Å². The van der Waals surface area contributed by atoms with E-state index >= 15 is 0 Å². The molecule has 0 spiro atoms. The molecule has 1 atom stereocenters. The lowest BCUT2D eigenvalue weighted by atomic mass is 9.89. The van der Waals surface area contributed by atoms with Crippen LogP contribution in [0.3, 0.4) is 0 Å². The van der Waals surface area contributed by atoms with Gasteiger partial charge in [-0.05, 0) is 61.3 Å². The largest absolute Gasteiger partial charge is 0.348 e. The maximum Gasteiger partial charge on any atom is 0.235 e. The lowest BCUT2D eigenvalue weighted by Gasteiger charge is -2.24. The first-order chi connectivity index (χ1) is 14.3. The minimum atomic E-state index is -3.52. The van der Waals surface area contributed by atoms with Gasteiger partial charge < -0.3 is 5.32 Å². The zero-order valence-electron chi connectivity index (χ0n) is 18.1. The number of amides is 1. The van der Waals surface area contributed by atoms with Gasteiger partial charge >= 0.3 is 0 Å². The third kappa shape index (κ3) is 5.92. The SMILES string of the molecule is CC[C@@H](NC(=O)CN(Cc1ccc(C)cc1)S(C)(=O)=O)c1ccc2c(c1)CCCC2. The molecule has 1 aliphatic rings. The maximum absolute atomic E-state index is 12.8. The highest BCUT2D eigenvalue weighted by Crippen LogP contribution is 2.26. The zero-order chi connectivity index (χ0) is 21.7. The van der Waals surface area contributed by atoms with Crippen LogP contribution in [-0.4, -0.2) is 31.4 Å². The Labute approximate surface area is 180 Å². The molecule has 6 heteroatoms. The highest BCUT2D eigenvalue weighted by molar-refractivity contribution is 7.88. The molecular weight excluding hydrogens is 396 g/mol. The Morgan fingerprint density at radius 1 is 1.07 bits per heavy atom. The van der Waals surface area contributed by atoms with E-state index in [1.807, 2.05) is 38.1 Å². The predicted octanol–water partition coefficient (Wildman–Crippen LogP) is 3.90. The summed E-state index contributed by atoms with van der Waals surface area (Å²) < 4.78 is 25.8. The Morgan fingerprint density at radius 2 is 1.73 bits per heavy atom. The van der Waals surface area contributed by atoms with Crippen LogP contribution in [0.25, 0.3) is 0 Å². The molecule has 162 valence electrons. The molecule has 0 bridgehead atoms. The van der Waals surface area contributed by atoms with E-state index in [1.54, 1.807) is 0 Å². The van der Waals surface area contributed by atoms with Crippen LogP contribution >= 0.6 is 0 Å². The number of aryl methyl sites for hydroxylation is 3. The average molecular weight is 429 g/mol. The highest BCUT2D eigenvalue weighted by atomic mass is 32.2. The minimum absolute atomic E-state index is 0.120. The van der Waals surface area contributed by atoms with Crippen molar-refractivity contribution in [2.45, 2.75) is 58.5 Å². The quantitative estimate of drug-likeness (QED) is 0.693. The standard InChI is InChI=1S/C24H32N2O3S/c1-4-23(22-14-13-20-7-5-6-8-21(20)15-22)25-24(27)17-26(30(3,28)29)16-19-11-9-18(2)10-12-19/h9-15,23H,4-8,16-17H2,1-3H3,(H,25,27)/t23-/m1/s1. The molecule has 0 saturated heterocycles. The molecule has 30 heavy (non-hydrogen) atoms. The Hall–Kier alpha value is -2.18. The van der Waals surface area contributed by atoms with Crippen molar-refractivity contribution in [3.8, 4) is 0 Å². The van der Waals surface area contributed by atoms with Gasteiger partial charge in [0.2, 0.25) is 15.9 Å². The number of rotatable bonds is 8. The number of sulfonamides is 1. The molecule has 0 radical (unpaired) electrons. The van der Waals surface area contributed by atoms with Crippen molar-refractivity contribution < 1.29 is 13.2 Å². The third-order valence-corrected chi connectivity index (χ3v) is 6.98. The van der Waals surface area contributed by atoms with Crippen molar-refractivity contribution in [1.29, 1.82) is 0 Å². The molecule has 0 aromatic heterocycles. The lowest BCUT2D eigenvalue weighted by molar-refractivity contribution is -0.122. The van der Waals surface area contributed by atoms with E-state index < -0.39 is 10.0 Å². The van der Waals surface area contributed by atoms with Gasteiger partial charge in [0.05, 0.1) is 18.8 Å². The summed E-state index contributed by atoms with van der Waals surface area (Å²) in [5.41, 5.74) is 5.85. The van der Waals surface area contributed by atoms with Crippen molar-refractivity contribution in [1.82, 2.24) is 9.62 Å². The summed E-state index contributed by atoms with van der Waals surface area (Å²) in [6.07, 6.45) is 6.56. The number of hydrogen-bond donors (Lipinski definition) is 1. The van der Waals surface area contributed by atoms with E-state index in [0.717, 1.165) is 42.2 Å². The van der Waals surface area contributed by atoms with Gasteiger partial charge in [0, 0.05) is 6.54 Å². The fourth-order valence-electron chi connectivity index (χ4n) is 3.98. The van der Waals surface area contributed by atoms with E-state index in [0.29, 0.717) is 0 Å². The molecule has 0 saturated carbocycles. The van der Waals surface area contributed by atoms with Gasteiger partial charge in [0.15, 0.2) is 0 Å². The van der Waals surface area contributed by atoms with Crippen molar-refractivity contribution in [2.24, 2.45) is 0 Å². The molecule has 1 aliphatic carbocycles. The first-order valence-electron chi connectivity index (χ1n) is 10.7. The number of hydrogen-bond acceptors (Lipinski definition) is 3.